The number of methoxy groups -OCH3 is 1. The molecule has 0 saturated carbocycles. The average molecular weight is 640 g/mol. The number of carbonyl (C=O) groups is 3. The van der Waals surface area contributed by atoms with Crippen molar-refractivity contribution in [1.82, 2.24) is 10.2 Å². The summed E-state index contributed by atoms with van der Waals surface area (Å²) in [5.74, 6) is -1.36. The van der Waals surface area contributed by atoms with Crippen LogP contribution in [0.2, 0.25) is 0 Å². The maximum absolute atomic E-state index is 13.5. The second-order valence-electron chi connectivity index (χ2n) is 8.13. The van der Waals surface area contributed by atoms with Crippen LogP contribution in [0.15, 0.2) is 36.4 Å². The summed E-state index contributed by atoms with van der Waals surface area (Å²) in [5.41, 5.74) is 0.246. The van der Waals surface area contributed by atoms with Crippen molar-refractivity contribution in [3.05, 3.63) is 45.6 Å². The Morgan fingerprint density at radius 1 is 1.35 bits per heavy atom. The molecular formula is C24H28F3IN2O7. The van der Waals surface area contributed by atoms with E-state index >= 15 is 0 Å². The van der Waals surface area contributed by atoms with Crippen LogP contribution < -0.4 is 14.8 Å². The van der Waals surface area contributed by atoms with Gasteiger partial charge in [-0.25, -0.2) is 0 Å². The summed E-state index contributed by atoms with van der Waals surface area (Å²) in [6.45, 7) is 1.35. The second-order valence-corrected chi connectivity index (χ2v) is 9.29. The highest BCUT2D eigenvalue weighted by Gasteiger charge is 2.44. The summed E-state index contributed by atoms with van der Waals surface area (Å²) >= 11 is 1.86. The number of carbonyl (C=O) groups excluding carboxylic acids is 3. The van der Waals surface area contributed by atoms with Gasteiger partial charge in [0.2, 0.25) is 11.8 Å². The quantitative estimate of drug-likeness (QED) is 0.182. The largest absolute Gasteiger partial charge is 0.493 e. The molecule has 2 rings (SSSR count). The van der Waals surface area contributed by atoms with Gasteiger partial charge in [-0.15, -0.1) is 6.58 Å². The molecular weight excluding hydrogens is 612 g/mol. The summed E-state index contributed by atoms with van der Waals surface area (Å²) in [7, 11) is 1.32. The Hall–Kier alpha value is -2.65. The highest BCUT2D eigenvalue weighted by Crippen LogP contribution is 2.37. The van der Waals surface area contributed by atoms with Crippen LogP contribution in [0.1, 0.15) is 29.6 Å². The van der Waals surface area contributed by atoms with Gasteiger partial charge in [0.05, 0.1) is 23.3 Å². The molecule has 1 aromatic rings. The molecule has 0 aromatic heterocycles. The van der Waals surface area contributed by atoms with Gasteiger partial charge in [-0.3, -0.25) is 14.4 Å². The molecule has 0 radical (unpaired) electrons. The van der Waals surface area contributed by atoms with Gasteiger partial charge < -0.3 is 29.9 Å². The number of allylic oxidation sites excluding steroid dienone is 1. The Balaban J connectivity index is 2.54. The van der Waals surface area contributed by atoms with Crippen LogP contribution >= 0.6 is 22.6 Å². The third kappa shape index (κ3) is 8.43. The van der Waals surface area contributed by atoms with E-state index in [1.807, 2.05) is 22.6 Å². The minimum Gasteiger partial charge on any atom is -0.493 e. The first-order chi connectivity index (χ1) is 17.4. The maximum atomic E-state index is 13.5. The standard InChI is InChI=1S/C24H28F3IN2O7/c1-3-4-5-20(33)30(13-24(25,26)27)17-10-15(23(35)29-6-7-31)11-18(21(17)34)37-22-16(28)8-14(12-32)9-19(22)36-2/h3,8-9,11-12,17-18,21,31,34H,1,4-7,10,13H2,2H3,(H,29,35)/t17-,18+,21+/m1/s1. The van der Waals surface area contributed by atoms with Crippen molar-refractivity contribution in [2.75, 3.05) is 26.8 Å². The summed E-state index contributed by atoms with van der Waals surface area (Å²) < 4.78 is 52.0. The fraction of sp³-hybridized carbons (Fsp3) is 0.458. The molecule has 9 nitrogen and oxygen atoms in total. The monoisotopic (exact) mass is 640 g/mol. The molecule has 0 bridgehead atoms. The van der Waals surface area contributed by atoms with Gasteiger partial charge in [-0.1, -0.05) is 6.08 Å². The molecule has 0 heterocycles. The number of aliphatic hydroxyl groups is 2. The van der Waals surface area contributed by atoms with Crippen molar-refractivity contribution in [3.63, 3.8) is 0 Å². The molecule has 1 aliphatic rings. The molecule has 3 N–H and O–H groups in total. The molecule has 1 aliphatic carbocycles. The summed E-state index contributed by atoms with van der Waals surface area (Å²) in [6.07, 6.45) is -5.09. The number of ether oxygens (including phenoxy) is 2. The van der Waals surface area contributed by atoms with E-state index in [-0.39, 0.29) is 55.0 Å². The number of aldehydes is 1. The third-order valence-corrected chi connectivity index (χ3v) is 6.29. The van der Waals surface area contributed by atoms with Crippen molar-refractivity contribution in [2.45, 2.75) is 43.7 Å². The molecule has 0 fully saturated rings. The predicted molar refractivity (Wildman–Crippen MR) is 135 cm³/mol. The van der Waals surface area contributed by atoms with Crippen LogP contribution in [0.4, 0.5) is 13.2 Å². The molecule has 13 heteroatoms. The lowest BCUT2D eigenvalue weighted by molar-refractivity contribution is -0.172. The minimum absolute atomic E-state index is 0.0315. The number of nitrogens with one attached hydrogen (secondary N) is 1. The fourth-order valence-corrected chi connectivity index (χ4v) is 4.54. The number of hydrogen-bond acceptors (Lipinski definition) is 7. The average Bonchev–Trinajstić information content (AvgIpc) is 2.85. The van der Waals surface area contributed by atoms with Gasteiger partial charge in [0.1, 0.15) is 25.0 Å². The van der Waals surface area contributed by atoms with Crippen LogP contribution in [-0.2, 0) is 9.59 Å². The molecule has 0 spiro atoms. The van der Waals surface area contributed by atoms with E-state index in [1.54, 1.807) is 0 Å². The zero-order chi connectivity index (χ0) is 27.8. The Kier molecular flexibility index (Phi) is 11.4. The van der Waals surface area contributed by atoms with E-state index in [2.05, 4.69) is 11.9 Å². The molecule has 3 atom stereocenters. The van der Waals surface area contributed by atoms with E-state index < -0.39 is 42.8 Å². The van der Waals surface area contributed by atoms with Gasteiger partial charge in [0, 0.05) is 30.5 Å². The number of aliphatic hydroxyl groups excluding tert-OH is 2. The summed E-state index contributed by atoms with van der Waals surface area (Å²) in [6, 6.07) is 1.40. The minimum atomic E-state index is -4.77. The lowest BCUT2D eigenvalue weighted by Crippen LogP contribution is -2.57. The van der Waals surface area contributed by atoms with Crippen molar-refractivity contribution in [2.24, 2.45) is 0 Å². The molecule has 204 valence electrons. The van der Waals surface area contributed by atoms with Crippen molar-refractivity contribution < 1.29 is 47.2 Å². The number of rotatable bonds is 12. The Bertz CT molecular complexity index is 1030. The summed E-state index contributed by atoms with van der Waals surface area (Å²) in [5, 5.41) is 22.6. The summed E-state index contributed by atoms with van der Waals surface area (Å²) in [4.78, 5) is 37.2. The van der Waals surface area contributed by atoms with Crippen molar-refractivity contribution in [1.29, 1.82) is 0 Å². The van der Waals surface area contributed by atoms with Gasteiger partial charge in [-0.05, 0) is 47.2 Å². The zero-order valence-electron chi connectivity index (χ0n) is 20.0. The maximum Gasteiger partial charge on any atom is 0.406 e. The first-order valence-electron chi connectivity index (χ1n) is 11.2. The molecule has 2 amide bonds. The molecule has 0 unspecified atom stereocenters. The number of halogens is 4. The lowest BCUT2D eigenvalue weighted by atomic mass is 9.88. The zero-order valence-corrected chi connectivity index (χ0v) is 22.1. The highest BCUT2D eigenvalue weighted by atomic mass is 127. The topological polar surface area (TPSA) is 125 Å². The molecule has 1 aromatic carbocycles. The first-order valence-corrected chi connectivity index (χ1v) is 12.3. The Morgan fingerprint density at radius 3 is 2.62 bits per heavy atom. The lowest BCUT2D eigenvalue weighted by Gasteiger charge is -2.41. The van der Waals surface area contributed by atoms with Gasteiger partial charge >= 0.3 is 6.18 Å². The van der Waals surface area contributed by atoms with Gasteiger partial charge in [0.15, 0.2) is 11.5 Å². The third-order valence-electron chi connectivity index (χ3n) is 5.49. The number of hydrogen-bond donors (Lipinski definition) is 3. The molecule has 37 heavy (non-hydrogen) atoms. The van der Waals surface area contributed by atoms with Crippen LogP contribution in [0.3, 0.4) is 0 Å². The van der Waals surface area contributed by atoms with E-state index in [4.69, 9.17) is 14.6 Å². The second kappa shape index (κ2) is 13.8. The van der Waals surface area contributed by atoms with E-state index in [9.17, 15) is 32.7 Å². The first kappa shape index (κ1) is 30.6. The Morgan fingerprint density at radius 2 is 2.05 bits per heavy atom. The van der Waals surface area contributed by atoms with Crippen molar-refractivity contribution in [3.8, 4) is 11.5 Å². The number of alkyl halides is 3. The van der Waals surface area contributed by atoms with Gasteiger partial charge in [-0.2, -0.15) is 13.2 Å². The van der Waals surface area contributed by atoms with Crippen LogP contribution in [0.25, 0.3) is 0 Å². The smallest absolute Gasteiger partial charge is 0.406 e. The number of benzene rings is 1. The Labute approximate surface area is 225 Å². The number of nitrogens with zero attached hydrogens (tertiary/aromatic N) is 1. The van der Waals surface area contributed by atoms with E-state index in [0.29, 0.717) is 14.8 Å². The molecule has 0 saturated heterocycles. The number of amides is 2. The van der Waals surface area contributed by atoms with Gasteiger partial charge in [0.25, 0.3) is 0 Å². The predicted octanol–water partition coefficient (Wildman–Crippen LogP) is 2.38. The SMILES string of the molecule is C=CCCC(=O)N(CC(F)(F)F)[C@@H]1CC(C(=O)NCCO)=C[C@H](Oc2c(I)cc(C=O)cc2OC)[C@H]1O. The van der Waals surface area contributed by atoms with Crippen LogP contribution in [-0.4, -0.2) is 84.4 Å². The van der Waals surface area contributed by atoms with E-state index in [1.165, 1.54) is 31.4 Å². The van der Waals surface area contributed by atoms with E-state index in [0.717, 1.165) is 0 Å². The normalized spacial score (nSPS) is 19.4. The fourth-order valence-electron chi connectivity index (χ4n) is 3.79. The van der Waals surface area contributed by atoms with Crippen LogP contribution in [0.5, 0.6) is 11.5 Å². The molecule has 0 aliphatic heterocycles. The van der Waals surface area contributed by atoms with Crippen LogP contribution in [0, 0.1) is 3.57 Å². The highest BCUT2D eigenvalue weighted by molar-refractivity contribution is 14.1. The van der Waals surface area contributed by atoms with Crippen molar-refractivity contribution >= 4 is 40.7 Å².